The molecule has 5 heteroatoms. The number of thiazole rings is 1. The lowest BCUT2D eigenvalue weighted by molar-refractivity contribution is 0.300. The summed E-state index contributed by atoms with van der Waals surface area (Å²) in [5.74, 6) is 0.732. The zero-order valence-corrected chi connectivity index (χ0v) is 10.8. The molecule has 0 spiro atoms. The average molecular weight is 305 g/mol. The molecule has 0 amide bonds. The largest absolute Gasteiger partial charge is 0.486 e. The minimum absolute atomic E-state index is 0.461. The van der Waals surface area contributed by atoms with E-state index in [0.717, 1.165) is 15.9 Å². The van der Waals surface area contributed by atoms with Gasteiger partial charge in [-0.2, -0.15) is 0 Å². The molecule has 1 aromatic carbocycles. The van der Waals surface area contributed by atoms with Crippen LogP contribution in [0.2, 0.25) is 5.02 Å². The fourth-order valence-corrected chi connectivity index (χ4v) is 2.14. The number of halogens is 2. The highest BCUT2D eigenvalue weighted by molar-refractivity contribution is 9.10. The summed E-state index contributed by atoms with van der Waals surface area (Å²) in [6.07, 6.45) is 0. The van der Waals surface area contributed by atoms with E-state index in [1.807, 2.05) is 17.5 Å². The van der Waals surface area contributed by atoms with Crippen molar-refractivity contribution in [3.8, 4) is 5.75 Å². The van der Waals surface area contributed by atoms with Gasteiger partial charge < -0.3 is 4.74 Å². The maximum atomic E-state index is 5.93. The van der Waals surface area contributed by atoms with Crippen molar-refractivity contribution in [2.75, 3.05) is 0 Å². The number of aromatic nitrogens is 1. The Morgan fingerprint density at radius 3 is 3.07 bits per heavy atom. The van der Waals surface area contributed by atoms with E-state index in [1.165, 1.54) is 0 Å². The zero-order valence-electron chi connectivity index (χ0n) is 7.61. The quantitative estimate of drug-likeness (QED) is 0.850. The lowest BCUT2D eigenvalue weighted by Gasteiger charge is -2.07. The molecule has 0 unspecified atom stereocenters. The Kier molecular flexibility index (Phi) is 3.61. The SMILES string of the molecule is Clc1cccc(OCc2cscn2)c1Br. The van der Waals surface area contributed by atoms with Crippen molar-refractivity contribution in [1.82, 2.24) is 4.98 Å². The van der Waals surface area contributed by atoms with Crippen LogP contribution in [0.15, 0.2) is 33.6 Å². The third-order valence-electron chi connectivity index (χ3n) is 1.78. The van der Waals surface area contributed by atoms with Crippen molar-refractivity contribution in [3.05, 3.63) is 44.3 Å². The number of nitrogens with zero attached hydrogens (tertiary/aromatic N) is 1. The molecule has 0 atom stereocenters. The predicted molar refractivity (Wildman–Crippen MR) is 65.6 cm³/mol. The van der Waals surface area contributed by atoms with Gasteiger partial charge in [0, 0.05) is 5.38 Å². The second kappa shape index (κ2) is 4.96. The minimum atomic E-state index is 0.461. The van der Waals surface area contributed by atoms with E-state index in [9.17, 15) is 0 Å². The molecular formula is C10H7BrClNOS. The first-order valence-corrected chi connectivity index (χ1v) is 6.32. The van der Waals surface area contributed by atoms with Gasteiger partial charge in [0.05, 0.1) is 20.7 Å². The third-order valence-corrected chi connectivity index (χ3v) is 3.77. The zero-order chi connectivity index (χ0) is 10.7. The molecule has 0 saturated heterocycles. The molecule has 0 aliphatic rings. The van der Waals surface area contributed by atoms with Gasteiger partial charge in [0.2, 0.25) is 0 Å². The van der Waals surface area contributed by atoms with Crippen LogP contribution in [0, 0.1) is 0 Å². The third kappa shape index (κ3) is 2.71. The predicted octanol–water partition coefficient (Wildman–Crippen LogP) is 4.14. The molecule has 0 N–H and O–H groups in total. The summed E-state index contributed by atoms with van der Waals surface area (Å²) >= 11 is 10.9. The Morgan fingerprint density at radius 2 is 2.33 bits per heavy atom. The van der Waals surface area contributed by atoms with Crippen molar-refractivity contribution >= 4 is 38.9 Å². The highest BCUT2D eigenvalue weighted by Crippen LogP contribution is 2.32. The Hall–Kier alpha value is -0.580. The van der Waals surface area contributed by atoms with Crippen LogP contribution in [0.3, 0.4) is 0 Å². The Bertz CT molecular complexity index is 447. The van der Waals surface area contributed by atoms with Gasteiger partial charge in [-0.25, -0.2) is 4.98 Å². The number of benzene rings is 1. The van der Waals surface area contributed by atoms with Gasteiger partial charge in [-0.1, -0.05) is 17.7 Å². The molecule has 0 saturated carbocycles. The molecule has 2 aromatic rings. The molecule has 0 aliphatic carbocycles. The summed E-state index contributed by atoms with van der Waals surface area (Å²) in [6, 6.07) is 5.52. The van der Waals surface area contributed by atoms with Crippen molar-refractivity contribution in [2.45, 2.75) is 6.61 Å². The average Bonchev–Trinajstić information content (AvgIpc) is 2.73. The Labute approximate surface area is 105 Å². The first kappa shape index (κ1) is 10.9. The van der Waals surface area contributed by atoms with Gasteiger partial charge in [-0.3, -0.25) is 0 Å². The molecule has 1 aromatic heterocycles. The van der Waals surface area contributed by atoms with Crippen molar-refractivity contribution in [3.63, 3.8) is 0 Å². The Morgan fingerprint density at radius 1 is 1.47 bits per heavy atom. The van der Waals surface area contributed by atoms with Gasteiger partial charge in [-0.05, 0) is 28.1 Å². The summed E-state index contributed by atoms with van der Waals surface area (Å²) in [5, 5.41) is 2.60. The minimum Gasteiger partial charge on any atom is -0.486 e. The normalized spacial score (nSPS) is 10.3. The van der Waals surface area contributed by atoms with Crippen molar-refractivity contribution in [1.29, 1.82) is 0 Å². The van der Waals surface area contributed by atoms with Crippen LogP contribution in [0.25, 0.3) is 0 Å². The van der Waals surface area contributed by atoms with Gasteiger partial charge in [-0.15, -0.1) is 11.3 Å². The highest BCUT2D eigenvalue weighted by atomic mass is 79.9. The smallest absolute Gasteiger partial charge is 0.135 e. The van der Waals surface area contributed by atoms with Crippen LogP contribution >= 0.6 is 38.9 Å². The first-order valence-electron chi connectivity index (χ1n) is 4.21. The molecule has 1 heterocycles. The van der Waals surface area contributed by atoms with Crippen LogP contribution in [0.1, 0.15) is 5.69 Å². The van der Waals surface area contributed by atoms with Crippen molar-refractivity contribution in [2.24, 2.45) is 0 Å². The molecule has 78 valence electrons. The van der Waals surface area contributed by atoms with E-state index in [4.69, 9.17) is 16.3 Å². The molecule has 0 fully saturated rings. The number of hydrogen-bond acceptors (Lipinski definition) is 3. The molecule has 0 bridgehead atoms. The number of ether oxygens (including phenoxy) is 1. The van der Waals surface area contributed by atoms with E-state index in [2.05, 4.69) is 20.9 Å². The van der Waals surface area contributed by atoms with Crippen LogP contribution in [0.4, 0.5) is 0 Å². The first-order chi connectivity index (χ1) is 7.27. The summed E-state index contributed by atoms with van der Waals surface area (Å²) in [7, 11) is 0. The van der Waals surface area contributed by atoms with Crippen LogP contribution in [-0.4, -0.2) is 4.98 Å². The lowest BCUT2D eigenvalue weighted by atomic mass is 10.3. The number of hydrogen-bond donors (Lipinski definition) is 0. The molecule has 2 rings (SSSR count). The van der Waals surface area contributed by atoms with Gasteiger partial charge in [0.15, 0.2) is 0 Å². The Balaban J connectivity index is 2.08. The molecule has 0 radical (unpaired) electrons. The second-order valence-corrected chi connectivity index (χ2v) is 4.74. The topological polar surface area (TPSA) is 22.1 Å². The summed E-state index contributed by atoms with van der Waals surface area (Å²) in [4.78, 5) is 4.13. The molecule has 0 aliphatic heterocycles. The van der Waals surface area contributed by atoms with E-state index >= 15 is 0 Å². The van der Waals surface area contributed by atoms with Gasteiger partial charge in [0.1, 0.15) is 12.4 Å². The second-order valence-electron chi connectivity index (χ2n) is 2.82. The highest BCUT2D eigenvalue weighted by Gasteiger charge is 2.05. The van der Waals surface area contributed by atoms with E-state index < -0.39 is 0 Å². The number of rotatable bonds is 3. The maximum Gasteiger partial charge on any atom is 0.135 e. The lowest BCUT2D eigenvalue weighted by Crippen LogP contribution is -1.96. The summed E-state index contributed by atoms with van der Waals surface area (Å²) < 4.78 is 6.35. The summed E-state index contributed by atoms with van der Waals surface area (Å²) in [5.41, 5.74) is 2.71. The van der Waals surface area contributed by atoms with Crippen LogP contribution < -0.4 is 4.74 Å². The van der Waals surface area contributed by atoms with Crippen LogP contribution in [0.5, 0.6) is 5.75 Å². The summed E-state index contributed by atoms with van der Waals surface area (Å²) in [6.45, 7) is 0.461. The van der Waals surface area contributed by atoms with E-state index in [-0.39, 0.29) is 0 Å². The molecular weight excluding hydrogens is 298 g/mol. The van der Waals surface area contributed by atoms with Crippen LogP contribution in [-0.2, 0) is 6.61 Å². The fraction of sp³-hybridized carbons (Fsp3) is 0.100. The fourth-order valence-electron chi connectivity index (χ4n) is 1.06. The molecule has 15 heavy (non-hydrogen) atoms. The van der Waals surface area contributed by atoms with Crippen molar-refractivity contribution < 1.29 is 4.74 Å². The van der Waals surface area contributed by atoms with E-state index in [0.29, 0.717) is 11.6 Å². The van der Waals surface area contributed by atoms with Gasteiger partial charge >= 0.3 is 0 Å². The molecule has 2 nitrogen and oxygen atoms in total. The van der Waals surface area contributed by atoms with Gasteiger partial charge in [0.25, 0.3) is 0 Å². The monoisotopic (exact) mass is 303 g/mol. The standard InChI is InChI=1S/C10H7BrClNOS/c11-10-8(12)2-1-3-9(10)14-4-7-5-15-6-13-7/h1-3,5-6H,4H2. The van der Waals surface area contributed by atoms with E-state index in [1.54, 1.807) is 22.9 Å². The maximum absolute atomic E-state index is 5.93.